The number of rotatable bonds is 4. The average molecular weight is 338 g/mol. The molecule has 0 aromatic rings. The third-order valence-corrected chi connectivity index (χ3v) is 3.98. The zero-order chi connectivity index (χ0) is 17.3. The van der Waals surface area contributed by atoms with Gasteiger partial charge in [-0.05, 0) is 0 Å². The van der Waals surface area contributed by atoms with Gasteiger partial charge in [0, 0.05) is 0 Å². The Kier molecular flexibility index (Phi) is 5.94. The van der Waals surface area contributed by atoms with Gasteiger partial charge in [-0.15, -0.1) is 0 Å². The SMILES string of the molecule is C=C1OC(CO)C(OC2OC(CO)C(O)C(O)C2O)C(O)C1O. The highest BCUT2D eigenvalue weighted by molar-refractivity contribution is 5.06. The molecule has 0 radical (unpaired) electrons. The molecule has 2 aliphatic heterocycles. The van der Waals surface area contributed by atoms with Gasteiger partial charge < -0.3 is 50.0 Å². The van der Waals surface area contributed by atoms with E-state index in [-0.39, 0.29) is 5.76 Å². The summed E-state index contributed by atoms with van der Waals surface area (Å²) in [5.41, 5.74) is 0. The smallest absolute Gasteiger partial charge is 0.187 e. The van der Waals surface area contributed by atoms with Crippen molar-refractivity contribution >= 4 is 0 Å². The maximum atomic E-state index is 10.0. The van der Waals surface area contributed by atoms with Gasteiger partial charge in [-0.3, -0.25) is 0 Å². The van der Waals surface area contributed by atoms with Crippen LogP contribution in [-0.4, -0.2) is 104 Å². The molecule has 0 aromatic heterocycles. The summed E-state index contributed by atoms with van der Waals surface area (Å²) in [4.78, 5) is 0. The Hall–Kier alpha value is -0.820. The summed E-state index contributed by atoms with van der Waals surface area (Å²) in [6, 6.07) is 0. The molecule has 0 spiro atoms. The Labute approximate surface area is 131 Å². The van der Waals surface area contributed by atoms with Crippen LogP contribution in [-0.2, 0) is 14.2 Å². The van der Waals surface area contributed by atoms with Crippen LogP contribution in [0.5, 0.6) is 0 Å². The first-order valence-corrected chi connectivity index (χ1v) is 7.10. The minimum absolute atomic E-state index is 0.148. The highest BCUT2D eigenvalue weighted by Gasteiger charge is 2.49. The van der Waals surface area contributed by atoms with Gasteiger partial charge in [0.1, 0.15) is 48.5 Å². The Bertz CT molecular complexity index is 414. The molecule has 7 N–H and O–H groups in total. The van der Waals surface area contributed by atoms with Crippen LogP contribution in [0.25, 0.3) is 0 Å². The first kappa shape index (κ1) is 18.5. The van der Waals surface area contributed by atoms with Crippen LogP contribution in [0.1, 0.15) is 0 Å². The van der Waals surface area contributed by atoms with Crippen molar-refractivity contribution in [3.05, 3.63) is 12.3 Å². The van der Waals surface area contributed by atoms with E-state index in [1.54, 1.807) is 0 Å². The van der Waals surface area contributed by atoms with E-state index < -0.39 is 68.3 Å². The van der Waals surface area contributed by atoms with E-state index in [2.05, 4.69) is 6.58 Å². The molecule has 2 heterocycles. The largest absolute Gasteiger partial charge is 0.487 e. The van der Waals surface area contributed by atoms with Gasteiger partial charge in [-0.2, -0.15) is 0 Å². The van der Waals surface area contributed by atoms with Crippen LogP contribution in [0.2, 0.25) is 0 Å². The van der Waals surface area contributed by atoms with Crippen LogP contribution in [0.15, 0.2) is 12.3 Å². The van der Waals surface area contributed by atoms with Crippen molar-refractivity contribution in [2.75, 3.05) is 13.2 Å². The summed E-state index contributed by atoms with van der Waals surface area (Å²) in [5, 5.41) is 67.5. The predicted molar refractivity (Wildman–Crippen MR) is 71.8 cm³/mol. The lowest BCUT2D eigenvalue weighted by atomic mass is 9.97. The zero-order valence-corrected chi connectivity index (χ0v) is 12.2. The van der Waals surface area contributed by atoms with Crippen LogP contribution in [0, 0.1) is 0 Å². The Morgan fingerprint density at radius 1 is 0.870 bits per heavy atom. The van der Waals surface area contributed by atoms with E-state index in [1.807, 2.05) is 0 Å². The molecule has 10 nitrogen and oxygen atoms in total. The minimum atomic E-state index is -1.68. The standard InChI is InChI=1S/C13H22O10/c1-4-7(16)10(19)12(6(3-15)21-4)23-13-11(20)9(18)8(17)5(2-14)22-13/h5-20H,1-3H2. The molecule has 0 amide bonds. The normalized spacial score (nSPS) is 48.1. The third kappa shape index (κ3) is 3.50. The second kappa shape index (κ2) is 7.38. The van der Waals surface area contributed by atoms with Crippen molar-refractivity contribution in [3.8, 4) is 0 Å². The van der Waals surface area contributed by atoms with Crippen molar-refractivity contribution in [1.82, 2.24) is 0 Å². The Morgan fingerprint density at radius 3 is 2.04 bits per heavy atom. The van der Waals surface area contributed by atoms with Gasteiger partial charge in [0.05, 0.1) is 13.2 Å². The maximum absolute atomic E-state index is 10.0. The lowest BCUT2D eigenvalue weighted by Gasteiger charge is -2.44. The van der Waals surface area contributed by atoms with E-state index in [0.717, 1.165) is 0 Å². The van der Waals surface area contributed by atoms with Crippen molar-refractivity contribution in [3.63, 3.8) is 0 Å². The van der Waals surface area contributed by atoms with Crippen molar-refractivity contribution < 1.29 is 50.0 Å². The van der Waals surface area contributed by atoms with Crippen molar-refractivity contribution in [1.29, 1.82) is 0 Å². The lowest BCUT2D eigenvalue weighted by molar-refractivity contribution is -0.332. The predicted octanol–water partition coefficient (Wildman–Crippen LogP) is -4.20. The molecule has 2 saturated heterocycles. The lowest BCUT2D eigenvalue weighted by Crippen LogP contribution is -2.62. The molecule has 9 atom stereocenters. The van der Waals surface area contributed by atoms with Crippen LogP contribution in [0.3, 0.4) is 0 Å². The van der Waals surface area contributed by atoms with Gasteiger partial charge in [-0.1, -0.05) is 6.58 Å². The van der Waals surface area contributed by atoms with Crippen LogP contribution in [0.4, 0.5) is 0 Å². The first-order valence-electron chi connectivity index (χ1n) is 7.10. The Balaban J connectivity index is 2.13. The third-order valence-electron chi connectivity index (χ3n) is 3.98. The summed E-state index contributed by atoms with van der Waals surface area (Å²) in [7, 11) is 0. The molecule has 2 aliphatic rings. The molecule has 2 fully saturated rings. The first-order chi connectivity index (χ1) is 10.8. The van der Waals surface area contributed by atoms with Gasteiger partial charge in [0.25, 0.3) is 0 Å². The molecule has 0 bridgehead atoms. The monoisotopic (exact) mass is 338 g/mol. The summed E-state index contributed by atoms with van der Waals surface area (Å²) >= 11 is 0. The Morgan fingerprint density at radius 2 is 1.48 bits per heavy atom. The average Bonchev–Trinajstić information content (AvgIpc) is 2.55. The fourth-order valence-corrected chi connectivity index (χ4v) is 2.57. The molecule has 0 aromatic carbocycles. The molecule has 23 heavy (non-hydrogen) atoms. The van der Waals surface area contributed by atoms with Gasteiger partial charge in [0.2, 0.25) is 0 Å². The number of ether oxygens (including phenoxy) is 3. The van der Waals surface area contributed by atoms with Gasteiger partial charge >= 0.3 is 0 Å². The van der Waals surface area contributed by atoms with E-state index >= 15 is 0 Å². The molecule has 9 unspecified atom stereocenters. The molecule has 0 saturated carbocycles. The summed E-state index contributed by atoms with van der Waals surface area (Å²) in [6.45, 7) is 2.18. The fraction of sp³-hybridized carbons (Fsp3) is 0.846. The van der Waals surface area contributed by atoms with E-state index in [1.165, 1.54) is 0 Å². The minimum Gasteiger partial charge on any atom is -0.487 e. The van der Waals surface area contributed by atoms with Crippen molar-refractivity contribution in [2.24, 2.45) is 0 Å². The van der Waals surface area contributed by atoms with E-state index in [0.29, 0.717) is 0 Å². The number of aliphatic hydroxyl groups is 7. The van der Waals surface area contributed by atoms with E-state index in [4.69, 9.17) is 19.3 Å². The summed E-state index contributed by atoms with van der Waals surface area (Å²) < 4.78 is 15.6. The molecule has 2 rings (SSSR count). The topological polar surface area (TPSA) is 169 Å². The van der Waals surface area contributed by atoms with Gasteiger partial charge in [0.15, 0.2) is 12.4 Å². The number of hydrogen-bond acceptors (Lipinski definition) is 10. The van der Waals surface area contributed by atoms with Gasteiger partial charge in [-0.25, -0.2) is 0 Å². The maximum Gasteiger partial charge on any atom is 0.187 e. The molecule has 134 valence electrons. The van der Waals surface area contributed by atoms with Crippen LogP contribution < -0.4 is 0 Å². The molecular formula is C13H22O10. The fourth-order valence-electron chi connectivity index (χ4n) is 2.57. The van der Waals surface area contributed by atoms with Crippen molar-refractivity contribution in [2.45, 2.75) is 55.1 Å². The number of hydrogen-bond donors (Lipinski definition) is 7. The number of aliphatic hydroxyl groups excluding tert-OH is 7. The summed E-state index contributed by atoms with van der Waals surface area (Å²) in [6.07, 6.45) is -13.0. The highest BCUT2D eigenvalue weighted by Crippen LogP contribution is 2.29. The second-order valence-electron chi connectivity index (χ2n) is 5.54. The molecular weight excluding hydrogens is 316 g/mol. The highest BCUT2D eigenvalue weighted by atomic mass is 16.7. The van der Waals surface area contributed by atoms with Crippen LogP contribution >= 0.6 is 0 Å². The summed E-state index contributed by atoms with van der Waals surface area (Å²) in [5.74, 6) is -0.148. The zero-order valence-electron chi connectivity index (χ0n) is 12.2. The molecule has 10 heteroatoms. The van der Waals surface area contributed by atoms with E-state index in [9.17, 15) is 30.6 Å². The second-order valence-corrected chi connectivity index (χ2v) is 5.54. The quantitative estimate of drug-likeness (QED) is 0.267. The molecule has 0 aliphatic carbocycles.